The summed E-state index contributed by atoms with van der Waals surface area (Å²) in [6.07, 6.45) is 0.901. The Bertz CT molecular complexity index is 339. The Morgan fingerprint density at radius 3 is 2.80 bits per heavy atom. The van der Waals surface area contributed by atoms with Crippen molar-refractivity contribution in [1.82, 2.24) is 9.97 Å². The maximum atomic E-state index is 5.97. The zero-order valence-corrected chi connectivity index (χ0v) is 10.3. The summed E-state index contributed by atoms with van der Waals surface area (Å²) in [5.74, 6) is 3.09. The largest absolute Gasteiger partial charge is 0.339 e. The predicted molar refractivity (Wildman–Crippen MR) is 66.0 cm³/mol. The van der Waals surface area contributed by atoms with E-state index in [2.05, 4.69) is 21.8 Å². The number of nitrogens with zero attached hydrogens (tertiary/aromatic N) is 3. The molecule has 5 heteroatoms. The van der Waals surface area contributed by atoms with Gasteiger partial charge in [-0.15, -0.1) is 0 Å². The van der Waals surface area contributed by atoms with Crippen molar-refractivity contribution in [3.63, 3.8) is 0 Å². The first-order chi connectivity index (χ1) is 7.29. The SMILES string of the molecule is CCc1cc(Cl)nc(N2CCSCC2)n1. The third kappa shape index (κ3) is 2.75. The van der Waals surface area contributed by atoms with Gasteiger partial charge in [-0.25, -0.2) is 9.97 Å². The summed E-state index contributed by atoms with van der Waals surface area (Å²) in [5.41, 5.74) is 1.02. The molecule has 0 N–H and O–H groups in total. The van der Waals surface area contributed by atoms with E-state index in [9.17, 15) is 0 Å². The van der Waals surface area contributed by atoms with Crippen molar-refractivity contribution >= 4 is 29.3 Å². The Kier molecular flexibility index (Phi) is 3.70. The van der Waals surface area contributed by atoms with E-state index in [1.165, 1.54) is 0 Å². The van der Waals surface area contributed by atoms with Crippen LogP contribution in [-0.2, 0) is 6.42 Å². The Balaban J connectivity index is 2.22. The number of anilines is 1. The molecule has 0 unspecified atom stereocenters. The molecule has 1 aliphatic heterocycles. The Labute approximate surface area is 99.2 Å². The van der Waals surface area contributed by atoms with E-state index in [0.717, 1.165) is 42.7 Å². The zero-order valence-electron chi connectivity index (χ0n) is 8.74. The second-order valence-electron chi connectivity index (χ2n) is 3.43. The summed E-state index contributed by atoms with van der Waals surface area (Å²) >= 11 is 7.94. The standard InChI is InChI=1S/C10H14ClN3S/c1-2-8-7-9(11)13-10(12-8)14-3-5-15-6-4-14/h7H,2-6H2,1H3. The highest BCUT2D eigenvalue weighted by Gasteiger charge is 2.14. The molecule has 1 saturated heterocycles. The number of aromatic nitrogens is 2. The van der Waals surface area contributed by atoms with Crippen LogP contribution in [0.4, 0.5) is 5.95 Å². The van der Waals surface area contributed by atoms with Crippen LogP contribution in [0.15, 0.2) is 6.07 Å². The average Bonchev–Trinajstić information content (AvgIpc) is 2.29. The van der Waals surface area contributed by atoms with Crippen molar-refractivity contribution in [2.45, 2.75) is 13.3 Å². The first-order valence-corrected chi connectivity index (χ1v) is 6.69. The Hall–Kier alpha value is -0.480. The van der Waals surface area contributed by atoms with Crippen molar-refractivity contribution in [3.8, 4) is 0 Å². The van der Waals surface area contributed by atoms with Gasteiger partial charge in [-0.05, 0) is 12.5 Å². The lowest BCUT2D eigenvalue weighted by Crippen LogP contribution is -2.34. The lowest BCUT2D eigenvalue weighted by Gasteiger charge is -2.26. The minimum absolute atomic E-state index is 0.551. The average molecular weight is 244 g/mol. The van der Waals surface area contributed by atoms with E-state index >= 15 is 0 Å². The molecule has 0 aromatic carbocycles. The fourth-order valence-corrected chi connectivity index (χ4v) is 2.64. The number of hydrogen-bond acceptors (Lipinski definition) is 4. The van der Waals surface area contributed by atoms with Gasteiger partial charge in [-0.2, -0.15) is 11.8 Å². The number of aryl methyl sites for hydroxylation is 1. The molecule has 1 aromatic rings. The van der Waals surface area contributed by atoms with E-state index in [4.69, 9.17) is 11.6 Å². The van der Waals surface area contributed by atoms with E-state index in [0.29, 0.717) is 5.15 Å². The van der Waals surface area contributed by atoms with Gasteiger partial charge in [0.05, 0.1) is 0 Å². The van der Waals surface area contributed by atoms with E-state index in [1.54, 1.807) is 0 Å². The molecular formula is C10H14ClN3S. The number of hydrogen-bond donors (Lipinski definition) is 0. The molecule has 2 heterocycles. The van der Waals surface area contributed by atoms with Crippen molar-refractivity contribution in [2.24, 2.45) is 0 Å². The van der Waals surface area contributed by atoms with Crippen LogP contribution in [0.2, 0.25) is 5.15 Å². The number of halogens is 1. The molecule has 3 nitrogen and oxygen atoms in total. The van der Waals surface area contributed by atoms with Crippen molar-refractivity contribution in [2.75, 3.05) is 29.5 Å². The van der Waals surface area contributed by atoms with Crippen LogP contribution in [-0.4, -0.2) is 34.6 Å². The molecule has 0 radical (unpaired) electrons. The highest BCUT2D eigenvalue weighted by molar-refractivity contribution is 7.99. The van der Waals surface area contributed by atoms with Gasteiger partial charge in [-0.3, -0.25) is 0 Å². The van der Waals surface area contributed by atoms with Gasteiger partial charge < -0.3 is 4.90 Å². The van der Waals surface area contributed by atoms with Gasteiger partial charge in [0.1, 0.15) is 5.15 Å². The van der Waals surface area contributed by atoms with Gasteiger partial charge in [0.25, 0.3) is 0 Å². The maximum absolute atomic E-state index is 5.97. The molecule has 15 heavy (non-hydrogen) atoms. The van der Waals surface area contributed by atoms with Gasteiger partial charge in [0, 0.05) is 30.3 Å². The summed E-state index contributed by atoms with van der Waals surface area (Å²) in [4.78, 5) is 11.0. The molecule has 0 atom stereocenters. The monoisotopic (exact) mass is 243 g/mol. The van der Waals surface area contributed by atoms with Crippen molar-refractivity contribution in [3.05, 3.63) is 16.9 Å². The van der Waals surface area contributed by atoms with E-state index < -0.39 is 0 Å². The van der Waals surface area contributed by atoms with Crippen LogP contribution < -0.4 is 4.90 Å². The topological polar surface area (TPSA) is 29.0 Å². The lowest BCUT2D eigenvalue weighted by atomic mass is 10.3. The maximum Gasteiger partial charge on any atom is 0.227 e. The van der Waals surface area contributed by atoms with Crippen LogP contribution in [0.3, 0.4) is 0 Å². The highest BCUT2D eigenvalue weighted by atomic mass is 35.5. The normalized spacial score (nSPS) is 16.8. The fraction of sp³-hybridized carbons (Fsp3) is 0.600. The van der Waals surface area contributed by atoms with Crippen LogP contribution >= 0.6 is 23.4 Å². The summed E-state index contributed by atoms with van der Waals surface area (Å²) < 4.78 is 0. The Morgan fingerprint density at radius 2 is 2.13 bits per heavy atom. The zero-order chi connectivity index (χ0) is 10.7. The molecule has 2 rings (SSSR count). The van der Waals surface area contributed by atoms with Crippen LogP contribution in [0.5, 0.6) is 0 Å². The summed E-state index contributed by atoms with van der Waals surface area (Å²) in [6, 6.07) is 1.84. The molecule has 1 aromatic heterocycles. The first kappa shape index (κ1) is 11.0. The molecule has 0 bridgehead atoms. The second kappa shape index (κ2) is 5.03. The fourth-order valence-electron chi connectivity index (χ4n) is 1.54. The minimum Gasteiger partial charge on any atom is -0.339 e. The molecule has 0 aliphatic carbocycles. The summed E-state index contributed by atoms with van der Waals surface area (Å²) in [6.45, 7) is 4.12. The van der Waals surface area contributed by atoms with Gasteiger partial charge in [-0.1, -0.05) is 18.5 Å². The number of rotatable bonds is 2. The smallest absolute Gasteiger partial charge is 0.227 e. The van der Waals surface area contributed by atoms with Gasteiger partial charge >= 0.3 is 0 Å². The third-order valence-corrected chi connectivity index (χ3v) is 3.53. The first-order valence-electron chi connectivity index (χ1n) is 5.15. The molecule has 0 spiro atoms. The molecule has 82 valence electrons. The van der Waals surface area contributed by atoms with Crippen LogP contribution in [0.1, 0.15) is 12.6 Å². The molecular weight excluding hydrogens is 230 g/mol. The molecule has 1 fully saturated rings. The van der Waals surface area contributed by atoms with Crippen LogP contribution in [0.25, 0.3) is 0 Å². The van der Waals surface area contributed by atoms with Crippen molar-refractivity contribution in [1.29, 1.82) is 0 Å². The highest BCUT2D eigenvalue weighted by Crippen LogP contribution is 2.18. The number of thioether (sulfide) groups is 1. The molecule has 0 amide bonds. The quantitative estimate of drug-likeness (QED) is 0.745. The van der Waals surface area contributed by atoms with E-state index in [-0.39, 0.29) is 0 Å². The summed E-state index contributed by atoms with van der Waals surface area (Å²) in [5, 5.41) is 0.551. The minimum atomic E-state index is 0.551. The van der Waals surface area contributed by atoms with Crippen LogP contribution in [0, 0.1) is 0 Å². The van der Waals surface area contributed by atoms with E-state index in [1.807, 2.05) is 17.8 Å². The molecule has 1 aliphatic rings. The molecule has 0 saturated carbocycles. The van der Waals surface area contributed by atoms with Gasteiger partial charge in [0.15, 0.2) is 0 Å². The predicted octanol–water partition coefficient (Wildman–Crippen LogP) is 2.25. The summed E-state index contributed by atoms with van der Waals surface area (Å²) in [7, 11) is 0. The van der Waals surface area contributed by atoms with Crippen molar-refractivity contribution < 1.29 is 0 Å². The lowest BCUT2D eigenvalue weighted by molar-refractivity contribution is 0.805. The third-order valence-electron chi connectivity index (χ3n) is 2.39. The van der Waals surface area contributed by atoms with Gasteiger partial charge in [0.2, 0.25) is 5.95 Å². The Morgan fingerprint density at radius 1 is 1.40 bits per heavy atom. The second-order valence-corrected chi connectivity index (χ2v) is 5.05.